The van der Waals surface area contributed by atoms with Gasteiger partial charge in [0.1, 0.15) is 0 Å². The number of rotatable bonds is 2. The number of hydrogen-bond acceptors (Lipinski definition) is 4. The third-order valence-electron chi connectivity index (χ3n) is 3.36. The molecular weight excluding hydrogens is 224 g/mol. The van der Waals surface area contributed by atoms with E-state index in [1.165, 1.54) is 12.1 Å². The van der Waals surface area contributed by atoms with Crippen molar-refractivity contribution < 1.29 is 0 Å². The summed E-state index contributed by atoms with van der Waals surface area (Å²) in [4.78, 5) is 15.4. The van der Waals surface area contributed by atoms with Crippen molar-refractivity contribution in [3.63, 3.8) is 0 Å². The topological polar surface area (TPSA) is 41.9 Å². The van der Waals surface area contributed by atoms with Crippen molar-refractivity contribution in [1.82, 2.24) is 15.0 Å². The molecule has 1 fully saturated rings. The minimum absolute atomic E-state index is 0.298. The second kappa shape index (κ2) is 4.72. The van der Waals surface area contributed by atoms with Gasteiger partial charge in [0.05, 0.1) is 6.04 Å². The number of anilines is 1. The van der Waals surface area contributed by atoms with E-state index in [9.17, 15) is 0 Å². The molecule has 1 unspecified atom stereocenters. The van der Waals surface area contributed by atoms with Crippen LogP contribution >= 0.6 is 0 Å². The molecule has 92 valence electrons. The Kier molecular flexibility index (Phi) is 2.92. The van der Waals surface area contributed by atoms with Gasteiger partial charge < -0.3 is 4.90 Å². The van der Waals surface area contributed by atoms with Gasteiger partial charge in [-0.05, 0) is 38.0 Å². The van der Waals surface area contributed by atoms with E-state index in [0.717, 1.165) is 24.5 Å². The Bertz CT molecular complexity index is 526. The Morgan fingerprint density at radius 3 is 2.78 bits per heavy atom. The highest BCUT2D eigenvalue weighted by atomic mass is 15.2. The molecule has 4 nitrogen and oxygen atoms in total. The van der Waals surface area contributed by atoms with E-state index in [2.05, 4.69) is 19.9 Å². The Morgan fingerprint density at radius 1 is 1.17 bits per heavy atom. The molecule has 2 aromatic heterocycles. The third kappa shape index (κ3) is 2.06. The van der Waals surface area contributed by atoms with E-state index in [1.807, 2.05) is 43.7 Å². The van der Waals surface area contributed by atoms with E-state index in [4.69, 9.17) is 0 Å². The number of aryl methyl sites for hydroxylation is 1. The molecule has 0 saturated carbocycles. The van der Waals surface area contributed by atoms with Gasteiger partial charge in [0, 0.05) is 36.5 Å². The van der Waals surface area contributed by atoms with Gasteiger partial charge in [-0.15, -0.1) is 0 Å². The SMILES string of the molecule is Cc1ccnc(C2CCCN2c2ccncc2)n1. The fraction of sp³-hybridized carbons (Fsp3) is 0.357. The van der Waals surface area contributed by atoms with Crippen molar-refractivity contribution in [2.45, 2.75) is 25.8 Å². The summed E-state index contributed by atoms with van der Waals surface area (Å²) in [6.07, 6.45) is 7.82. The average molecular weight is 240 g/mol. The molecule has 0 radical (unpaired) electrons. The molecule has 4 heteroatoms. The van der Waals surface area contributed by atoms with Crippen LogP contribution in [0.1, 0.15) is 30.4 Å². The lowest BCUT2D eigenvalue weighted by molar-refractivity contribution is 0.662. The van der Waals surface area contributed by atoms with Gasteiger partial charge in [-0.2, -0.15) is 0 Å². The normalized spacial score (nSPS) is 19.2. The first-order valence-corrected chi connectivity index (χ1v) is 6.31. The van der Waals surface area contributed by atoms with E-state index in [1.54, 1.807) is 0 Å². The second-order valence-electron chi connectivity index (χ2n) is 4.61. The summed E-state index contributed by atoms with van der Waals surface area (Å²) in [5, 5.41) is 0. The quantitative estimate of drug-likeness (QED) is 0.809. The first kappa shape index (κ1) is 11.1. The monoisotopic (exact) mass is 240 g/mol. The minimum atomic E-state index is 0.298. The van der Waals surface area contributed by atoms with Crippen molar-refractivity contribution in [1.29, 1.82) is 0 Å². The Balaban J connectivity index is 1.92. The van der Waals surface area contributed by atoms with Crippen molar-refractivity contribution in [2.75, 3.05) is 11.4 Å². The molecule has 0 N–H and O–H groups in total. The van der Waals surface area contributed by atoms with Crippen LogP contribution in [0.3, 0.4) is 0 Å². The van der Waals surface area contributed by atoms with Gasteiger partial charge in [0.25, 0.3) is 0 Å². The maximum absolute atomic E-state index is 4.56. The van der Waals surface area contributed by atoms with Crippen LogP contribution in [0.2, 0.25) is 0 Å². The third-order valence-corrected chi connectivity index (χ3v) is 3.36. The van der Waals surface area contributed by atoms with Crippen LogP contribution < -0.4 is 4.90 Å². The van der Waals surface area contributed by atoms with Gasteiger partial charge in [0.2, 0.25) is 0 Å². The molecule has 3 heterocycles. The highest BCUT2D eigenvalue weighted by molar-refractivity contribution is 5.47. The first-order valence-electron chi connectivity index (χ1n) is 6.31. The summed E-state index contributed by atoms with van der Waals surface area (Å²) in [6.45, 7) is 3.07. The molecule has 1 aliphatic rings. The fourth-order valence-corrected chi connectivity index (χ4v) is 2.51. The Hall–Kier alpha value is -1.97. The second-order valence-corrected chi connectivity index (χ2v) is 4.61. The predicted octanol–water partition coefficient (Wildman–Crippen LogP) is 2.52. The summed E-state index contributed by atoms with van der Waals surface area (Å²) >= 11 is 0. The van der Waals surface area contributed by atoms with Gasteiger partial charge >= 0.3 is 0 Å². The molecule has 2 aromatic rings. The molecular formula is C14H16N4. The molecule has 3 rings (SSSR count). The summed E-state index contributed by atoms with van der Waals surface area (Å²) in [7, 11) is 0. The maximum atomic E-state index is 4.56. The maximum Gasteiger partial charge on any atom is 0.150 e. The van der Waals surface area contributed by atoms with Crippen LogP contribution in [0, 0.1) is 6.92 Å². The first-order chi connectivity index (χ1) is 8.84. The van der Waals surface area contributed by atoms with E-state index in [0.29, 0.717) is 6.04 Å². The minimum Gasteiger partial charge on any atom is -0.361 e. The van der Waals surface area contributed by atoms with Crippen LogP contribution in [0.4, 0.5) is 5.69 Å². The zero-order chi connectivity index (χ0) is 12.4. The van der Waals surface area contributed by atoms with Gasteiger partial charge in [-0.1, -0.05) is 0 Å². The average Bonchev–Trinajstić information content (AvgIpc) is 2.89. The summed E-state index contributed by atoms with van der Waals surface area (Å²) in [5.41, 5.74) is 2.24. The largest absolute Gasteiger partial charge is 0.361 e. The summed E-state index contributed by atoms with van der Waals surface area (Å²) < 4.78 is 0. The predicted molar refractivity (Wildman–Crippen MR) is 70.3 cm³/mol. The molecule has 0 spiro atoms. The molecule has 0 aromatic carbocycles. The molecule has 0 amide bonds. The molecule has 1 saturated heterocycles. The molecule has 18 heavy (non-hydrogen) atoms. The lowest BCUT2D eigenvalue weighted by atomic mass is 10.2. The zero-order valence-electron chi connectivity index (χ0n) is 10.5. The van der Waals surface area contributed by atoms with Crippen LogP contribution in [0.25, 0.3) is 0 Å². The fourth-order valence-electron chi connectivity index (χ4n) is 2.51. The van der Waals surface area contributed by atoms with Gasteiger partial charge in [-0.3, -0.25) is 4.98 Å². The smallest absolute Gasteiger partial charge is 0.150 e. The number of pyridine rings is 1. The van der Waals surface area contributed by atoms with E-state index >= 15 is 0 Å². The standard InChI is InChI=1S/C14H16N4/c1-11-4-9-16-14(17-11)13-3-2-10-18(13)12-5-7-15-8-6-12/h4-9,13H,2-3,10H2,1H3. The number of nitrogens with zero attached hydrogens (tertiary/aromatic N) is 4. The van der Waals surface area contributed by atoms with Crippen molar-refractivity contribution in [3.8, 4) is 0 Å². The van der Waals surface area contributed by atoms with E-state index < -0.39 is 0 Å². The molecule has 0 aliphatic carbocycles. The van der Waals surface area contributed by atoms with E-state index in [-0.39, 0.29) is 0 Å². The number of hydrogen-bond donors (Lipinski definition) is 0. The zero-order valence-corrected chi connectivity index (χ0v) is 10.5. The lowest BCUT2D eigenvalue weighted by Gasteiger charge is -2.25. The molecule has 0 bridgehead atoms. The van der Waals surface area contributed by atoms with Crippen molar-refractivity contribution in [3.05, 3.63) is 48.3 Å². The van der Waals surface area contributed by atoms with Crippen LogP contribution in [-0.4, -0.2) is 21.5 Å². The van der Waals surface area contributed by atoms with Gasteiger partial charge in [-0.25, -0.2) is 9.97 Å². The van der Waals surface area contributed by atoms with Crippen LogP contribution in [0.15, 0.2) is 36.8 Å². The Morgan fingerprint density at radius 2 is 2.00 bits per heavy atom. The Labute approximate surface area is 107 Å². The lowest BCUT2D eigenvalue weighted by Crippen LogP contribution is -2.24. The van der Waals surface area contributed by atoms with Crippen molar-refractivity contribution in [2.24, 2.45) is 0 Å². The highest BCUT2D eigenvalue weighted by Gasteiger charge is 2.28. The van der Waals surface area contributed by atoms with Gasteiger partial charge in [0.15, 0.2) is 5.82 Å². The van der Waals surface area contributed by atoms with Crippen molar-refractivity contribution >= 4 is 5.69 Å². The van der Waals surface area contributed by atoms with Crippen LogP contribution in [-0.2, 0) is 0 Å². The highest BCUT2D eigenvalue weighted by Crippen LogP contribution is 2.33. The summed E-state index contributed by atoms with van der Waals surface area (Å²) in [6, 6.07) is 6.34. The summed E-state index contributed by atoms with van der Waals surface area (Å²) in [5.74, 6) is 0.935. The van der Waals surface area contributed by atoms with Crippen LogP contribution in [0.5, 0.6) is 0 Å². The number of aromatic nitrogens is 3. The molecule has 1 atom stereocenters. The molecule has 1 aliphatic heterocycles.